The second-order valence-corrected chi connectivity index (χ2v) is 6.79. The van der Waals surface area contributed by atoms with Crippen LogP contribution < -0.4 is 10.1 Å². The van der Waals surface area contributed by atoms with Crippen LogP contribution in [0.1, 0.15) is 22.3 Å². The molecule has 0 bridgehead atoms. The normalized spacial score (nSPS) is 20.0. The minimum absolute atomic E-state index is 0. The van der Waals surface area contributed by atoms with Crippen molar-refractivity contribution in [2.75, 3.05) is 53.0 Å². The Balaban J connectivity index is 0.00000261. The van der Waals surface area contributed by atoms with Gasteiger partial charge in [0.15, 0.2) is 0 Å². The first-order valence-corrected chi connectivity index (χ1v) is 9.11. The summed E-state index contributed by atoms with van der Waals surface area (Å²) in [5.74, 6) is 0.821. The molecule has 150 valence electrons. The molecule has 1 aromatic carbocycles. The third-order valence-corrected chi connectivity index (χ3v) is 4.99. The molecule has 2 heterocycles. The number of aryl methyl sites for hydroxylation is 1. The molecule has 2 amide bonds. The van der Waals surface area contributed by atoms with Gasteiger partial charge < -0.3 is 24.6 Å². The summed E-state index contributed by atoms with van der Waals surface area (Å²) in [4.78, 5) is 28.8. The highest BCUT2D eigenvalue weighted by atomic mass is 35.5. The van der Waals surface area contributed by atoms with E-state index in [1.54, 1.807) is 18.1 Å². The Morgan fingerprint density at radius 1 is 1.22 bits per heavy atom. The molecule has 0 spiro atoms. The maximum Gasteiger partial charge on any atom is 0.254 e. The molecule has 27 heavy (non-hydrogen) atoms. The predicted octanol–water partition coefficient (Wildman–Crippen LogP) is 1.09. The van der Waals surface area contributed by atoms with Gasteiger partial charge in [0, 0.05) is 50.7 Å². The van der Waals surface area contributed by atoms with Crippen molar-refractivity contribution in [3.05, 3.63) is 29.3 Å². The summed E-state index contributed by atoms with van der Waals surface area (Å²) in [7, 11) is 1.60. The van der Waals surface area contributed by atoms with Crippen LogP contribution >= 0.6 is 12.4 Å². The number of benzene rings is 1. The first-order valence-electron chi connectivity index (χ1n) is 9.11. The van der Waals surface area contributed by atoms with E-state index in [0.29, 0.717) is 57.1 Å². The van der Waals surface area contributed by atoms with Crippen molar-refractivity contribution in [1.82, 2.24) is 15.1 Å². The Bertz CT molecular complexity index is 656. The second kappa shape index (κ2) is 9.92. The lowest BCUT2D eigenvalue weighted by atomic mass is 10.1. The summed E-state index contributed by atoms with van der Waals surface area (Å²) < 4.78 is 10.7. The van der Waals surface area contributed by atoms with E-state index in [4.69, 9.17) is 9.47 Å². The quantitative estimate of drug-likeness (QED) is 0.823. The molecule has 1 N–H and O–H groups in total. The number of nitrogens with one attached hydrogen (secondary N) is 1. The van der Waals surface area contributed by atoms with E-state index >= 15 is 0 Å². The number of halogens is 1. The Morgan fingerprint density at radius 3 is 2.56 bits per heavy atom. The van der Waals surface area contributed by atoms with Gasteiger partial charge in [-0.15, -0.1) is 12.4 Å². The van der Waals surface area contributed by atoms with Gasteiger partial charge in [0.25, 0.3) is 5.91 Å². The van der Waals surface area contributed by atoms with Gasteiger partial charge in [0.1, 0.15) is 5.75 Å². The minimum atomic E-state index is -0.0160. The van der Waals surface area contributed by atoms with Crippen LogP contribution in [0, 0.1) is 6.92 Å². The highest BCUT2D eigenvalue weighted by Crippen LogP contribution is 2.20. The zero-order chi connectivity index (χ0) is 18.5. The number of piperazine rings is 1. The first-order chi connectivity index (χ1) is 12.6. The van der Waals surface area contributed by atoms with Crippen LogP contribution in [-0.2, 0) is 9.53 Å². The summed E-state index contributed by atoms with van der Waals surface area (Å²) in [6, 6.07) is 5.59. The van der Waals surface area contributed by atoms with E-state index in [1.807, 2.05) is 24.0 Å². The molecule has 1 unspecified atom stereocenters. The average molecular weight is 398 g/mol. The van der Waals surface area contributed by atoms with Crippen molar-refractivity contribution >= 4 is 24.2 Å². The van der Waals surface area contributed by atoms with Crippen LogP contribution in [0.2, 0.25) is 0 Å². The zero-order valence-corrected chi connectivity index (χ0v) is 16.7. The molecule has 7 nitrogen and oxygen atoms in total. The summed E-state index contributed by atoms with van der Waals surface area (Å²) in [6.07, 6.45) is 0.448. The van der Waals surface area contributed by atoms with Crippen LogP contribution in [0.3, 0.4) is 0 Å². The molecule has 2 fully saturated rings. The lowest BCUT2D eigenvalue weighted by Gasteiger charge is -2.36. The lowest BCUT2D eigenvalue weighted by Crippen LogP contribution is -2.52. The van der Waals surface area contributed by atoms with E-state index in [2.05, 4.69) is 5.32 Å². The fraction of sp³-hybridized carbons (Fsp3) is 0.579. The minimum Gasteiger partial charge on any atom is -0.496 e. The van der Waals surface area contributed by atoms with Crippen molar-refractivity contribution < 1.29 is 19.1 Å². The largest absolute Gasteiger partial charge is 0.496 e. The van der Waals surface area contributed by atoms with Gasteiger partial charge in [0.05, 0.1) is 20.3 Å². The molecule has 0 radical (unpaired) electrons. The van der Waals surface area contributed by atoms with Gasteiger partial charge in [0.2, 0.25) is 5.91 Å². The van der Waals surface area contributed by atoms with Crippen molar-refractivity contribution in [3.8, 4) is 5.75 Å². The van der Waals surface area contributed by atoms with E-state index in [-0.39, 0.29) is 30.3 Å². The standard InChI is InChI=1S/C19H27N3O4.ClH/c1-14-3-4-15(11-17(14)25-2)19(24)22-8-6-21(7-9-22)18(23)12-16-13-26-10-5-20-16;/h3-4,11,16,20H,5-10,12-13H2,1-2H3;1H. The van der Waals surface area contributed by atoms with Crippen molar-refractivity contribution in [2.45, 2.75) is 19.4 Å². The number of nitrogens with zero attached hydrogens (tertiary/aromatic N) is 2. The Labute approximate surface area is 166 Å². The fourth-order valence-corrected chi connectivity index (χ4v) is 3.39. The highest BCUT2D eigenvalue weighted by Gasteiger charge is 2.27. The van der Waals surface area contributed by atoms with Gasteiger partial charge in [-0.1, -0.05) is 6.07 Å². The average Bonchev–Trinajstić information content (AvgIpc) is 2.68. The van der Waals surface area contributed by atoms with Crippen molar-refractivity contribution in [2.24, 2.45) is 0 Å². The Kier molecular flexibility index (Phi) is 7.89. The van der Waals surface area contributed by atoms with Crippen LogP contribution in [-0.4, -0.2) is 80.7 Å². The van der Waals surface area contributed by atoms with E-state index in [9.17, 15) is 9.59 Å². The van der Waals surface area contributed by atoms with Gasteiger partial charge in [-0.3, -0.25) is 9.59 Å². The van der Waals surface area contributed by atoms with E-state index in [0.717, 1.165) is 12.1 Å². The first kappa shape index (κ1) is 21.5. The molecular weight excluding hydrogens is 370 g/mol. The maximum atomic E-state index is 12.7. The number of amides is 2. The molecule has 3 rings (SSSR count). The van der Waals surface area contributed by atoms with E-state index in [1.165, 1.54) is 0 Å². The van der Waals surface area contributed by atoms with Crippen LogP contribution in [0.15, 0.2) is 18.2 Å². The number of carbonyl (C=O) groups excluding carboxylic acids is 2. The van der Waals surface area contributed by atoms with Gasteiger partial charge >= 0.3 is 0 Å². The molecule has 8 heteroatoms. The predicted molar refractivity (Wildman–Crippen MR) is 105 cm³/mol. The van der Waals surface area contributed by atoms with Gasteiger partial charge in [-0.25, -0.2) is 0 Å². The molecule has 0 aromatic heterocycles. The number of rotatable bonds is 4. The summed E-state index contributed by atoms with van der Waals surface area (Å²) in [6.45, 7) is 6.27. The topological polar surface area (TPSA) is 71.1 Å². The number of morpholine rings is 1. The molecule has 2 saturated heterocycles. The summed E-state index contributed by atoms with van der Waals surface area (Å²) in [5.41, 5.74) is 1.62. The third kappa shape index (κ3) is 5.34. The number of hydrogen-bond donors (Lipinski definition) is 1. The summed E-state index contributed by atoms with van der Waals surface area (Å²) in [5, 5.41) is 3.30. The van der Waals surface area contributed by atoms with Crippen LogP contribution in [0.5, 0.6) is 5.75 Å². The maximum absolute atomic E-state index is 12.7. The summed E-state index contributed by atoms with van der Waals surface area (Å²) >= 11 is 0. The Morgan fingerprint density at radius 2 is 1.93 bits per heavy atom. The SMILES string of the molecule is COc1cc(C(=O)N2CCN(C(=O)CC3COCCN3)CC2)ccc1C.Cl. The molecule has 0 aliphatic carbocycles. The fourth-order valence-electron chi connectivity index (χ4n) is 3.39. The molecule has 1 atom stereocenters. The number of methoxy groups -OCH3 is 1. The number of ether oxygens (including phenoxy) is 2. The molecule has 2 aliphatic heterocycles. The monoisotopic (exact) mass is 397 g/mol. The smallest absolute Gasteiger partial charge is 0.254 e. The number of hydrogen-bond acceptors (Lipinski definition) is 5. The van der Waals surface area contributed by atoms with Crippen molar-refractivity contribution in [1.29, 1.82) is 0 Å². The molecule has 1 aromatic rings. The van der Waals surface area contributed by atoms with Crippen LogP contribution in [0.4, 0.5) is 0 Å². The molecule has 0 saturated carbocycles. The second-order valence-electron chi connectivity index (χ2n) is 6.79. The molecule has 2 aliphatic rings. The van der Waals surface area contributed by atoms with Gasteiger partial charge in [-0.05, 0) is 24.6 Å². The van der Waals surface area contributed by atoms with Crippen LogP contribution in [0.25, 0.3) is 0 Å². The lowest BCUT2D eigenvalue weighted by molar-refractivity contribution is -0.133. The third-order valence-electron chi connectivity index (χ3n) is 4.99. The highest BCUT2D eigenvalue weighted by molar-refractivity contribution is 5.95. The molecular formula is C19H28ClN3O4. The zero-order valence-electron chi connectivity index (χ0n) is 15.9. The number of carbonyl (C=O) groups is 2. The van der Waals surface area contributed by atoms with Crippen molar-refractivity contribution in [3.63, 3.8) is 0 Å². The van der Waals surface area contributed by atoms with Gasteiger partial charge in [-0.2, -0.15) is 0 Å². The van der Waals surface area contributed by atoms with E-state index < -0.39 is 0 Å². The Hall–Kier alpha value is -1.83.